The van der Waals surface area contributed by atoms with Crippen molar-refractivity contribution in [2.45, 2.75) is 0 Å². The minimum absolute atomic E-state index is 0.927. The topological polar surface area (TPSA) is 13.1 Å². The van der Waals surface area contributed by atoms with E-state index >= 15 is 0 Å². The molecule has 0 radical (unpaired) electrons. The highest BCUT2D eigenvalue weighted by atomic mass is 16.3. The first-order valence-corrected chi connectivity index (χ1v) is 19.1. The van der Waals surface area contributed by atoms with E-state index in [4.69, 9.17) is 4.42 Å². The summed E-state index contributed by atoms with van der Waals surface area (Å²) in [5.41, 5.74) is 9.07. The molecular formula is C54H30O. The Labute approximate surface area is 315 Å². The Kier molecular flexibility index (Phi) is 5.69. The molecule has 13 aromatic rings. The SMILES string of the molecule is c1ccc(-c2ccc3ccc4c(-c5ccc(-c6ccc7ccc8cccc9ccc6c7c89)c6oc7c8ccccc8ccc7c56)ccc5ccc2c3c54)cc1. The van der Waals surface area contributed by atoms with E-state index in [1.165, 1.54) is 97.8 Å². The number of rotatable bonds is 3. The molecule has 0 bridgehead atoms. The van der Waals surface area contributed by atoms with Crippen LogP contribution in [0.3, 0.4) is 0 Å². The van der Waals surface area contributed by atoms with Gasteiger partial charge in [-0.2, -0.15) is 0 Å². The maximum atomic E-state index is 7.19. The maximum Gasteiger partial charge on any atom is 0.143 e. The van der Waals surface area contributed by atoms with E-state index < -0.39 is 0 Å². The van der Waals surface area contributed by atoms with Gasteiger partial charge in [0.1, 0.15) is 11.2 Å². The zero-order valence-electron chi connectivity index (χ0n) is 29.7. The molecule has 1 heteroatoms. The van der Waals surface area contributed by atoms with Gasteiger partial charge in [-0.1, -0.05) is 170 Å². The van der Waals surface area contributed by atoms with Gasteiger partial charge in [-0.25, -0.2) is 0 Å². The largest absolute Gasteiger partial charge is 0.455 e. The Hall–Kier alpha value is -7.22. The molecule has 1 heterocycles. The van der Waals surface area contributed by atoms with Crippen LogP contribution in [0.4, 0.5) is 0 Å². The number of hydrogen-bond acceptors (Lipinski definition) is 1. The van der Waals surface area contributed by atoms with Crippen LogP contribution in [0.2, 0.25) is 0 Å². The van der Waals surface area contributed by atoms with Gasteiger partial charge >= 0.3 is 0 Å². The van der Waals surface area contributed by atoms with E-state index in [9.17, 15) is 0 Å². The molecule has 0 N–H and O–H groups in total. The van der Waals surface area contributed by atoms with Crippen LogP contribution in [-0.2, 0) is 0 Å². The summed E-state index contributed by atoms with van der Waals surface area (Å²) in [6.07, 6.45) is 0. The summed E-state index contributed by atoms with van der Waals surface area (Å²) in [6.45, 7) is 0. The second kappa shape index (κ2) is 10.7. The van der Waals surface area contributed by atoms with Gasteiger partial charge in [-0.15, -0.1) is 0 Å². The summed E-state index contributed by atoms with van der Waals surface area (Å²) >= 11 is 0. The Bertz CT molecular complexity index is 3680. The van der Waals surface area contributed by atoms with Crippen molar-refractivity contribution in [1.29, 1.82) is 0 Å². The first kappa shape index (κ1) is 29.3. The third-order valence-electron chi connectivity index (χ3n) is 12.4. The molecule has 1 nitrogen and oxygen atoms in total. The molecule has 0 atom stereocenters. The fourth-order valence-electron chi connectivity index (χ4n) is 9.92. The van der Waals surface area contributed by atoms with Gasteiger partial charge in [-0.05, 0) is 110 Å². The smallest absolute Gasteiger partial charge is 0.143 e. The van der Waals surface area contributed by atoms with Crippen molar-refractivity contribution in [2.75, 3.05) is 0 Å². The lowest BCUT2D eigenvalue weighted by molar-refractivity contribution is 0.674. The van der Waals surface area contributed by atoms with Crippen molar-refractivity contribution in [3.63, 3.8) is 0 Å². The highest BCUT2D eigenvalue weighted by molar-refractivity contribution is 6.31. The predicted molar refractivity (Wildman–Crippen MR) is 235 cm³/mol. The zero-order valence-corrected chi connectivity index (χ0v) is 29.7. The molecule has 0 aliphatic rings. The van der Waals surface area contributed by atoms with Gasteiger partial charge < -0.3 is 4.42 Å². The van der Waals surface area contributed by atoms with Crippen LogP contribution in [0.1, 0.15) is 0 Å². The Morgan fingerprint density at radius 3 is 1.38 bits per heavy atom. The van der Waals surface area contributed by atoms with Gasteiger partial charge in [0.15, 0.2) is 0 Å². The molecule has 0 amide bonds. The Morgan fingerprint density at radius 2 is 0.673 bits per heavy atom. The number of benzene rings is 12. The minimum atomic E-state index is 0.927. The molecular weight excluding hydrogens is 665 g/mol. The molecule has 13 rings (SSSR count). The molecule has 0 aliphatic carbocycles. The van der Waals surface area contributed by atoms with Crippen LogP contribution in [0.5, 0.6) is 0 Å². The standard InChI is InChI=1S/C54H30O/c1-2-7-31(8-3-1)38-22-16-36-21-27-43-40(23-17-37-20-25-42(38)50(36)51(37)43)45-29-30-46(54-52(45)47-28-15-32-9-4-5-12-39(32)53(47)55-54)41-24-18-35-14-13-33-10-6-11-34-19-26-44(41)49(35)48(33)34/h1-30H. The number of furan rings is 1. The van der Waals surface area contributed by atoms with E-state index in [1.54, 1.807) is 0 Å². The van der Waals surface area contributed by atoms with E-state index in [0.29, 0.717) is 0 Å². The molecule has 0 unspecified atom stereocenters. The average Bonchev–Trinajstić information content (AvgIpc) is 3.65. The summed E-state index contributed by atoms with van der Waals surface area (Å²) in [5.74, 6) is 0. The Morgan fingerprint density at radius 1 is 0.218 bits per heavy atom. The molecule has 0 fully saturated rings. The first-order chi connectivity index (χ1) is 27.3. The van der Waals surface area contributed by atoms with Crippen LogP contribution in [0, 0.1) is 0 Å². The second-order valence-corrected chi connectivity index (χ2v) is 15.1. The average molecular weight is 695 g/mol. The van der Waals surface area contributed by atoms with E-state index in [0.717, 1.165) is 32.9 Å². The molecule has 252 valence electrons. The van der Waals surface area contributed by atoms with E-state index in [1.807, 2.05) is 0 Å². The fourth-order valence-corrected chi connectivity index (χ4v) is 9.92. The van der Waals surface area contributed by atoms with Crippen LogP contribution >= 0.6 is 0 Å². The maximum absolute atomic E-state index is 7.19. The lowest BCUT2D eigenvalue weighted by Crippen LogP contribution is -1.91. The number of hydrogen-bond donors (Lipinski definition) is 0. The minimum Gasteiger partial charge on any atom is -0.455 e. The van der Waals surface area contributed by atoms with Crippen molar-refractivity contribution < 1.29 is 4.42 Å². The molecule has 12 aromatic carbocycles. The van der Waals surface area contributed by atoms with Crippen molar-refractivity contribution in [3.05, 3.63) is 182 Å². The molecule has 0 aliphatic heterocycles. The van der Waals surface area contributed by atoms with Gasteiger partial charge in [0.2, 0.25) is 0 Å². The third-order valence-corrected chi connectivity index (χ3v) is 12.4. The lowest BCUT2D eigenvalue weighted by Gasteiger charge is -2.18. The third kappa shape index (κ3) is 3.92. The Balaban J connectivity index is 1.14. The van der Waals surface area contributed by atoms with Crippen molar-refractivity contribution in [3.8, 4) is 33.4 Å². The summed E-state index contributed by atoms with van der Waals surface area (Å²) < 4.78 is 7.19. The second-order valence-electron chi connectivity index (χ2n) is 15.1. The van der Waals surface area contributed by atoms with Gasteiger partial charge in [0.25, 0.3) is 0 Å². The highest BCUT2D eigenvalue weighted by Crippen LogP contribution is 2.49. The van der Waals surface area contributed by atoms with Crippen LogP contribution in [-0.4, -0.2) is 0 Å². The number of fused-ring (bicyclic) bond motifs is 5. The fraction of sp³-hybridized carbons (Fsp3) is 0. The summed E-state index contributed by atoms with van der Waals surface area (Å²) in [6, 6.07) is 67.2. The van der Waals surface area contributed by atoms with Crippen molar-refractivity contribution in [1.82, 2.24) is 0 Å². The van der Waals surface area contributed by atoms with Gasteiger partial charge in [0, 0.05) is 21.7 Å². The predicted octanol–water partition coefficient (Wildman–Crippen LogP) is 15.5. The van der Waals surface area contributed by atoms with Gasteiger partial charge in [-0.3, -0.25) is 0 Å². The van der Waals surface area contributed by atoms with E-state index in [2.05, 4.69) is 182 Å². The quantitative estimate of drug-likeness (QED) is 0.168. The normalized spacial score (nSPS) is 12.4. The zero-order chi connectivity index (χ0) is 35.8. The molecule has 55 heavy (non-hydrogen) atoms. The molecule has 0 spiro atoms. The van der Waals surface area contributed by atoms with E-state index in [-0.39, 0.29) is 0 Å². The molecule has 1 aromatic heterocycles. The molecule has 0 saturated heterocycles. The highest BCUT2D eigenvalue weighted by Gasteiger charge is 2.23. The first-order valence-electron chi connectivity index (χ1n) is 19.1. The summed E-state index contributed by atoms with van der Waals surface area (Å²) in [5, 5.41) is 20.0. The van der Waals surface area contributed by atoms with Gasteiger partial charge in [0.05, 0.1) is 0 Å². The van der Waals surface area contributed by atoms with Crippen LogP contribution in [0.25, 0.3) is 131 Å². The molecule has 0 saturated carbocycles. The monoisotopic (exact) mass is 694 g/mol. The van der Waals surface area contributed by atoms with Crippen LogP contribution < -0.4 is 0 Å². The van der Waals surface area contributed by atoms with Crippen LogP contribution in [0.15, 0.2) is 186 Å². The van der Waals surface area contributed by atoms with Crippen molar-refractivity contribution in [2.24, 2.45) is 0 Å². The lowest BCUT2D eigenvalue weighted by atomic mass is 9.85. The summed E-state index contributed by atoms with van der Waals surface area (Å²) in [7, 11) is 0. The summed E-state index contributed by atoms with van der Waals surface area (Å²) in [4.78, 5) is 0. The van der Waals surface area contributed by atoms with Crippen molar-refractivity contribution >= 4 is 97.3 Å².